The van der Waals surface area contributed by atoms with Crippen molar-refractivity contribution >= 4 is 11.6 Å². The quantitative estimate of drug-likeness (QED) is 0.656. The number of halogens is 2. The van der Waals surface area contributed by atoms with Crippen LogP contribution in [0.2, 0.25) is 5.15 Å². The van der Waals surface area contributed by atoms with Crippen LogP contribution in [0.25, 0.3) is 0 Å². The molecule has 20 heavy (non-hydrogen) atoms. The smallest absolute Gasteiger partial charge is 0.130 e. The van der Waals surface area contributed by atoms with Crippen molar-refractivity contribution in [3.8, 4) is 0 Å². The van der Waals surface area contributed by atoms with E-state index in [0.29, 0.717) is 18.0 Å². The molecule has 1 aromatic heterocycles. The highest BCUT2D eigenvalue weighted by molar-refractivity contribution is 6.30. The van der Waals surface area contributed by atoms with E-state index in [1.807, 2.05) is 13.0 Å². The van der Waals surface area contributed by atoms with E-state index in [1.54, 1.807) is 17.8 Å². The predicted molar refractivity (Wildman–Crippen MR) is 77.9 cm³/mol. The first-order chi connectivity index (χ1) is 9.51. The third-order valence-corrected chi connectivity index (χ3v) is 3.80. The lowest BCUT2D eigenvalue weighted by Crippen LogP contribution is -2.38. The number of nitrogens with one attached hydrogen (secondary N) is 1. The van der Waals surface area contributed by atoms with Crippen molar-refractivity contribution in [2.24, 2.45) is 12.9 Å². The lowest BCUT2D eigenvalue weighted by atomic mass is 10.00. The maximum Gasteiger partial charge on any atom is 0.130 e. The number of benzene rings is 1. The van der Waals surface area contributed by atoms with Gasteiger partial charge in [-0.2, -0.15) is 5.10 Å². The van der Waals surface area contributed by atoms with Crippen LogP contribution in [0, 0.1) is 12.7 Å². The molecule has 0 amide bonds. The molecule has 0 bridgehead atoms. The molecule has 2 rings (SSSR count). The van der Waals surface area contributed by atoms with Crippen molar-refractivity contribution in [3.05, 3.63) is 52.1 Å². The van der Waals surface area contributed by atoms with Crippen molar-refractivity contribution in [2.45, 2.75) is 25.8 Å². The second-order valence-electron chi connectivity index (χ2n) is 4.88. The number of nitrogens with zero attached hydrogens (tertiary/aromatic N) is 2. The van der Waals surface area contributed by atoms with Crippen LogP contribution in [-0.2, 0) is 19.9 Å². The highest BCUT2D eigenvalue weighted by atomic mass is 35.5. The second-order valence-corrected chi connectivity index (χ2v) is 5.24. The van der Waals surface area contributed by atoms with Gasteiger partial charge in [0.2, 0.25) is 0 Å². The molecule has 0 aliphatic rings. The van der Waals surface area contributed by atoms with Crippen LogP contribution >= 0.6 is 11.6 Å². The van der Waals surface area contributed by atoms with Gasteiger partial charge >= 0.3 is 0 Å². The Bertz CT molecular complexity index is 597. The van der Waals surface area contributed by atoms with Gasteiger partial charge in [0.1, 0.15) is 11.0 Å². The molecular weight excluding hydrogens is 279 g/mol. The van der Waals surface area contributed by atoms with Gasteiger partial charge in [-0.05, 0) is 37.5 Å². The largest absolute Gasteiger partial charge is 0.271 e. The van der Waals surface area contributed by atoms with E-state index in [4.69, 9.17) is 17.4 Å². The fourth-order valence-electron chi connectivity index (χ4n) is 2.29. The van der Waals surface area contributed by atoms with Crippen LogP contribution in [0.15, 0.2) is 24.3 Å². The Hall–Kier alpha value is -1.43. The molecule has 1 heterocycles. The van der Waals surface area contributed by atoms with E-state index < -0.39 is 0 Å². The Kier molecular flexibility index (Phi) is 4.75. The van der Waals surface area contributed by atoms with Crippen LogP contribution in [0.1, 0.15) is 16.8 Å². The van der Waals surface area contributed by atoms with E-state index in [9.17, 15) is 4.39 Å². The van der Waals surface area contributed by atoms with Gasteiger partial charge in [0.15, 0.2) is 0 Å². The molecule has 108 valence electrons. The Morgan fingerprint density at radius 2 is 2.20 bits per heavy atom. The van der Waals surface area contributed by atoms with Gasteiger partial charge in [-0.3, -0.25) is 16.0 Å². The first-order valence-corrected chi connectivity index (χ1v) is 6.77. The summed E-state index contributed by atoms with van der Waals surface area (Å²) in [5.74, 6) is 5.36. The maximum absolute atomic E-state index is 13.2. The molecule has 1 unspecified atom stereocenters. The number of hydrogen-bond acceptors (Lipinski definition) is 3. The van der Waals surface area contributed by atoms with Gasteiger partial charge in [-0.25, -0.2) is 4.39 Å². The number of hydrogen-bond donors (Lipinski definition) is 2. The zero-order valence-electron chi connectivity index (χ0n) is 11.5. The number of nitrogens with two attached hydrogens (primary N) is 1. The van der Waals surface area contributed by atoms with Gasteiger partial charge in [0, 0.05) is 18.7 Å². The molecule has 0 spiro atoms. The lowest BCUT2D eigenvalue weighted by Gasteiger charge is -2.16. The standard InChI is InChI=1S/C14H18ClFN4/c1-9-13(14(15)20(2)19-9)8-12(18-17)7-10-4-3-5-11(16)6-10/h3-6,12,18H,7-8,17H2,1-2H3. The summed E-state index contributed by atoms with van der Waals surface area (Å²) in [5, 5.41) is 4.89. The summed E-state index contributed by atoms with van der Waals surface area (Å²) < 4.78 is 14.8. The monoisotopic (exact) mass is 296 g/mol. The minimum absolute atomic E-state index is 0.0304. The summed E-state index contributed by atoms with van der Waals surface area (Å²) in [5.41, 5.74) is 5.51. The maximum atomic E-state index is 13.2. The Morgan fingerprint density at radius 1 is 1.45 bits per heavy atom. The van der Waals surface area contributed by atoms with E-state index in [-0.39, 0.29) is 11.9 Å². The van der Waals surface area contributed by atoms with Crippen molar-refractivity contribution in [2.75, 3.05) is 0 Å². The summed E-state index contributed by atoms with van der Waals surface area (Å²) >= 11 is 6.22. The van der Waals surface area contributed by atoms with Crippen molar-refractivity contribution < 1.29 is 4.39 Å². The SMILES string of the molecule is Cc1nn(C)c(Cl)c1CC(Cc1cccc(F)c1)NN. The number of aryl methyl sites for hydroxylation is 2. The summed E-state index contributed by atoms with van der Waals surface area (Å²) in [7, 11) is 1.80. The fourth-order valence-corrected chi connectivity index (χ4v) is 2.54. The molecule has 2 aromatic rings. The molecule has 0 radical (unpaired) electrons. The Labute approximate surface area is 122 Å². The minimum atomic E-state index is -0.242. The van der Waals surface area contributed by atoms with Gasteiger partial charge < -0.3 is 0 Å². The highest BCUT2D eigenvalue weighted by Gasteiger charge is 2.17. The van der Waals surface area contributed by atoms with E-state index in [1.165, 1.54) is 12.1 Å². The average molecular weight is 297 g/mol. The molecule has 1 atom stereocenters. The molecule has 1 aromatic carbocycles. The van der Waals surface area contributed by atoms with Crippen LogP contribution in [0.4, 0.5) is 4.39 Å². The topological polar surface area (TPSA) is 55.9 Å². The van der Waals surface area contributed by atoms with E-state index in [2.05, 4.69) is 10.5 Å². The molecule has 0 aliphatic heterocycles. The van der Waals surface area contributed by atoms with Crippen LogP contribution < -0.4 is 11.3 Å². The first kappa shape index (κ1) is 15.0. The van der Waals surface area contributed by atoms with E-state index >= 15 is 0 Å². The Balaban J connectivity index is 2.13. The van der Waals surface area contributed by atoms with Crippen molar-refractivity contribution in [1.29, 1.82) is 0 Å². The molecule has 3 N–H and O–H groups in total. The molecule has 0 saturated heterocycles. The van der Waals surface area contributed by atoms with Crippen LogP contribution in [0.5, 0.6) is 0 Å². The molecule has 0 aliphatic carbocycles. The molecule has 0 fully saturated rings. The average Bonchev–Trinajstić information content (AvgIpc) is 2.64. The van der Waals surface area contributed by atoms with Gasteiger partial charge in [-0.15, -0.1) is 0 Å². The van der Waals surface area contributed by atoms with Gasteiger partial charge in [0.05, 0.1) is 5.69 Å². The Morgan fingerprint density at radius 3 is 2.75 bits per heavy atom. The second kappa shape index (κ2) is 6.35. The third-order valence-electron chi connectivity index (χ3n) is 3.33. The summed E-state index contributed by atoms with van der Waals surface area (Å²) in [4.78, 5) is 0. The zero-order valence-corrected chi connectivity index (χ0v) is 12.3. The molecule has 0 saturated carbocycles. The number of rotatable bonds is 5. The fraction of sp³-hybridized carbons (Fsp3) is 0.357. The van der Waals surface area contributed by atoms with Crippen LogP contribution in [0.3, 0.4) is 0 Å². The summed E-state index contributed by atoms with van der Waals surface area (Å²) in [6.07, 6.45) is 1.27. The van der Waals surface area contributed by atoms with Crippen molar-refractivity contribution in [3.63, 3.8) is 0 Å². The lowest BCUT2D eigenvalue weighted by molar-refractivity contribution is 0.519. The normalized spacial score (nSPS) is 12.7. The van der Waals surface area contributed by atoms with Gasteiger partial charge in [0.25, 0.3) is 0 Å². The minimum Gasteiger partial charge on any atom is -0.271 e. The summed E-state index contributed by atoms with van der Waals surface area (Å²) in [6, 6.07) is 6.49. The summed E-state index contributed by atoms with van der Waals surface area (Å²) in [6.45, 7) is 1.91. The van der Waals surface area contributed by atoms with Crippen molar-refractivity contribution in [1.82, 2.24) is 15.2 Å². The molecule has 6 heteroatoms. The molecule has 4 nitrogen and oxygen atoms in total. The number of hydrazine groups is 1. The molecular formula is C14H18ClFN4. The highest BCUT2D eigenvalue weighted by Crippen LogP contribution is 2.21. The third kappa shape index (κ3) is 3.36. The predicted octanol–water partition coefficient (Wildman–Crippen LogP) is 2.14. The van der Waals surface area contributed by atoms with Gasteiger partial charge in [-0.1, -0.05) is 23.7 Å². The first-order valence-electron chi connectivity index (χ1n) is 6.39. The zero-order chi connectivity index (χ0) is 14.7. The number of aromatic nitrogens is 2. The van der Waals surface area contributed by atoms with E-state index in [0.717, 1.165) is 16.8 Å². The van der Waals surface area contributed by atoms with Crippen LogP contribution in [-0.4, -0.2) is 15.8 Å².